The number of carbonyl (C=O) groups is 1. The second-order valence-electron chi connectivity index (χ2n) is 2.79. The van der Waals surface area contributed by atoms with Gasteiger partial charge in [0.2, 0.25) is 0 Å². The molecule has 0 radical (unpaired) electrons. The lowest BCUT2D eigenvalue weighted by Gasteiger charge is -1.97. The van der Waals surface area contributed by atoms with E-state index in [4.69, 9.17) is 5.26 Å². The van der Waals surface area contributed by atoms with Crippen LogP contribution in [0.5, 0.6) is 0 Å². The Morgan fingerprint density at radius 3 is 2.86 bits per heavy atom. The lowest BCUT2D eigenvalue weighted by molar-refractivity contribution is -0.115. The maximum atomic E-state index is 10.9. The van der Waals surface area contributed by atoms with E-state index in [0.717, 1.165) is 11.1 Å². The summed E-state index contributed by atoms with van der Waals surface area (Å²) in [6.07, 6.45) is 4.59. The summed E-state index contributed by atoms with van der Waals surface area (Å²) in [6.45, 7) is 1.96. The van der Waals surface area contributed by atoms with Crippen LogP contribution in [0.2, 0.25) is 0 Å². The summed E-state index contributed by atoms with van der Waals surface area (Å²) in [5.74, 6) is -0.407. The number of aryl methyl sites for hydroxylation is 1. The number of rotatable bonds is 2. The third-order valence-corrected chi connectivity index (χ3v) is 1.78. The Morgan fingerprint density at radius 2 is 2.21 bits per heavy atom. The molecule has 0 fully saturated rings. The third kappa shape index (κ3) is 2.76. The zero-order valence-corrected chi connectivity index (χ0v) is 7.82. The number of carbonyl (C=O) groups excluding carboxylic acids is 1. The smallest absolute Gasteiger partial charge is 0.256 e. The third-order valence-electron chi connectivity index (χ3n) is 1.78. The fraction of sp³-hybridized carbons (Fsp3) is 0.0909. The molecule has 0 atom stereocenters. The van der Waals surface area contributed by atoms with E-state index in [1.165, 1.54) is 6.08 Å². The van der Waals surface area contributed by atoms with Crippen molar-refractivity contribution in [1.29, 1.82) is 5.26 Å². The Morgan fingerprint density at radius 1 is 1.50 bits per heavy atom. The summed E-state index contributed by atoms with van der Waals surface area (Å²) in [5, 5.41) is 10.2. The minimum Gasteiger partial charge on any atom is -0.269 e. The van der Waals surface area contributed by atoms with Crippen LogP contribution in [0.3, 0.4) is 0 Å². The van der Waals surface area contributed by atoms with Gasteiger partial charge in [-0.05, 0) is 24.1 Å². The van der Waals surface area contributed by atoms with Crippen molar-refractivity contribution in [2.75, 3.05) is 0 Å². The first-order valence-electron chi connectivity index (χ1n) is 4.17. The van der Waals surface area contributed by atoms with Crippen molar-refractivity contribution >= 4 is 12.0 Å². The fourth-order valence-corrected chi connectivity index (χ4v) is 1.04. The normalized spacial score (nSPS) is 9.71. The molecule has 1 rings (SSSR count). The van der Waals surface area contributed by atoms with Gasteiger partial charge in [0.15, 0.2) is 6.19 Å². The maximum Gasteiger partial charge on any atom is 0.256 e. The van der Waals surface area contributed by atoms with Gasteiger partial charge >= 0.3 is 0 Å². The van der Waals surface area contributed by atoms with Gasteiger partial charge in [-0.2, -0.15) is 5.26 Å². The van der Waals surface area contributed by atoms with Crippen LogP contribution in [-0.4, -0.2) is 5.91 Å². The van der Waals surface area contributed by atoms with Crippen LogP contribution in [0.25, 0.3) is 6.08 Å². The SMILES string of the molecule is Cc1ccccc1/C=C\C(=O)NC#N. The molecule has 0 aliphatic heterocycles. The van der Waals surface area contributed by atoms with Crippen molar-refractivity contribution in [3.63, 3.8) is 0 Å². The van der Waals surface area contributed by atoms with Gasteiger partial charge in [-0.15, -0.1) is 0 Å². The van der Waals surface area contributed by atoms with Gasteiger partial charge in [0.05, 0.1) is 0 Å². The van der Waals surface area contributed by atoms with Crippen molar-refractivity contribution in [3.8, 4) is 6.19 Å². The van der Waals surface area contributed by atoms with E-state index >= 15 is 0 Å². The molecule has 0 unspecified atom stereocenters. The Labute approximate surface area is 82.7 Å². The van der Waals surface area contributed by atoms with Crippen molar-refractivity contribution in [2.45, 2.75) is 6.92 Å². The van der Waals surface area contributed by atoms with Crippen LogP contribution in [-0.2, 0) is 4.79 Å². The van der Waals surface area contributed by atoms with E-state index in [2.05, 4.69) is 0 Å². The minimum atomic E-state index is -0.407. The quantitative estimate of drug-likeness (QED) is 0.433. The van der Waals surface area contributed by atoms with Crippen molar-refractivity contribution in [2.24, 2.45) is 0 Å². The average Bonchev–Trinajstić information content (AvgIpc) is 2.17. The lowest BCUT2D eigenvalue weighted by Crippen LogP contribution is -2.13. The highest BCUT2D eigenvalue weighted by atomic mass is 16.1. The molecule has 3 nitrogen and oxygen atoms in total. The molecule has 14 heavy (non-hydrogen) atoms. The van der Waals surface area contributed by atoms with Crippen LogP contribution < -0.4 is 5.32 Å². The first-order valence-corrected chi connectivity index (χ1v) is 4.17. The summed E-state index contributed by atoms with van der Waals surface area (Å²) in [4.78, 5) is 10.9. The van der Waals surface area contributed by atoms with E-state index < -0.39 is 5.91 Å². The van der Waals surface area contributed by atoms with Gasteiger partial charge in [-0.25, -0.2) is 0 Å². The van der Waals surface area contributed by atoms with Crippen LogP contribution >= 0.6 is 0 Å². The molecule has 1 amide bonds. The Balaban J connectivity index is 2.75. The van der Waals surface area contributed by atoms with Gasteiger partial charge in [0.1, 0.15) is 0 Å². The summed E-state index contributed by atoms with van der Waals surface area (Å²) in [5.41, 5.74) is 2.06. The van der Waals surface area contributed by atoms with Gasteiger partial charge in [-0.1, -0.05) is 24.3 Å². The van der Waals surface area contributed by atoms with Crippen LogP contribution in [0.1, 0.15) is 11.1 Å². The Kier molecular flexibility index (Phi) is 3.45. The molecule has 1 N–H and O–H groups in total. The molecule has 0 aliphatic rings. The molecule has 1 aromatic carbocycles. The number of amides is 1. The van der Waals surface area contributed by atoms with E-state index in [-0.39, 0.29) is 0 Å². The highest BCUT2D eigenvalue weighted by Gasteiger charge is 1.94. The number of nitrogens with one attached hydrogen (secondary N) is 1. The predicted octanol–water partition coefficient (Wildman–Crippen LogP) is 1.61. The van der Waals surface area contributed by atoms with Crippen molar-refractivity contribution < 1.29 is 4.79 Å². The standard InChI is InChI=1S/C11H10N2O/c1-9-4-2-3-5-10(9)6-7-11(14)13-8-12/h2-7H,1H3,(H,13,14)/b7-6-. The van der Waals surface area contributed by atoms with E-state index in [9.17, 15) is 4.79 Å². The van der Waals surface area contributed by atoms with Crippen LogP contribution in [0, 0.1) is 18.4 Å². The molecule has 0 aromatic heterocycles. The van der Waals surface area contributed by atoms with Gasteiger partial charge in [0.25, 0.3) is 5.91 Å². The fourth-order valence-electron chi connectivity index (χ4n) is 1.04. The molecule has 0 aliphatic carbocycles. The molecule has 0 saturated heterocycles. The van der Waals surface area contributed by atoms with Crippen molar-refractivity contribution in [1.82, 2.24) is 5.32 Å². The molecule has 70 valence electrons. The minimum absolute atomic E-state index is 0.407. The topological polar surface area (TPSA) is 52.9 Å². The highest BCUT2D eigenvalue weighted by molar-refractivity contribution is 5.92. The summed E-state index contributed by atoms with van der Waals surface area (Å²) < 4.78 is 0. The maximum absolute atomic E-state index is 10.9. The largest absolute Gasteiger partial charge is 0.269 e. The number of benzene rings is 1. The number of nitrogens with zero attached hydrogens (tertiary/aromatic N) is 1. The Bertz CT molecular complexity index is 402. The molecule has 0 bridgehead atoms. The van der Waals surface area contributed by atoms with E-state index in [1.54, 1.807) is 12.3 Å². The number of hydrogen-bond donors (Lipinski definition) is 1. The monoisotopic (exact) mass is 186 g/mol. The molecular weight excluding hydrogens is 176 g/mol. The zero-order chi connectivity index (χ0) is 10.4. The van der Waals surface area contributed by atoms with Gasteiger partial charge in [0, 0.05) is 6.08 Å². The van der Waals surface area contributed by atoms with E-state index in [1.807, 2.05) is 36.5 Å². The second-order valence-corrected chi connectivity index (χ2v) is 2.79. The van der Waals surface area contributed by atoms with Crippen LogP contribution in [0.4, 0.5) is 0 Å². The zero-order valence-electron chi connectivity index (χ0n) is 7.82. The van der Waals surface area contributed by atoms with Crippen LogP contribution in [0.15, 0.2) is 30.3 Å². The molecular formula is C11H10N2O. The molecule has 0 heterocycles. The summed E-state index contributed by atoms with van der Waals surface area (Å²) in [6, 6.07) is 7.70. The van der Waals surface area contributed by atoms with E-state index in [0.29, 0.717) is 0 Å². The number of hydrogen-bond acceptors (Lipinski definition) is 2. The number of nitriles is 1. The van der Waals surface area contributed by atoms with Crippen molar-refractivity contribution in [3.05, 3.63) is 41.5 Å². The van der Waals surface area contributed by atoms with Gasteiger partial charge in [-0.3, -0.25) is 10.1 Å². The predicted molar refractivity (Wildman–Crippen MR) is 54.0 cm³/mol. The first kappa shape index (κ1) is 10.0. The second kappa shape index (κ2) is 4.83. The molecule has 3 heteroatoms. The Hall–Kier alpha value is -2.08. The molecule has 0 saturated carbocycles. The van der Waals surface area contributed by atoms with Gasteiger partial charge < -0.3 is 0 Å². The first-order chi connectivity index (χ1) is 6.74. The molecule has 1 aromatic rings. The highest BCUT2D eigenvalue weighted by Crippen LogP contribution is 2.08. The average molecular weight is 186 g/mol. The summed E-state index contributed by atoms with van der Waals surface area (Å²) >= 11 is 0. The molecule has 0 spiro atoms. The summed E-state index contributed by atoms with van der Waals surface area (Å²) in [7, 11) is 0. The lowest BCUT2D eigenvalue weighted by atomic mass is 10.1.